The molecule has 0 bridgehead atoms. The second kappa shape index (κ2) is 11.5. The normalized spacial score (nSPS) is 17.7. The van der Waals surface area contributed by atoms with Crippen molar-refractivity contribution in [3.05, 3.63) is 77.9 Å². The number of fused-ring (bicyclic) bond motifs is 1. The Morgan fingerprint density at radius 2 is 1.50 bits per heavy atom. The second-order valence-electron chi connectivity index (χ2n) is 8.84. The molecule has 3 aromatic rings. The Kier molecular flexibility index (Phi) is 7.99. The molecule has 1 atom stereocenters. The van der Waals surface area contributed by atoms with Gasteiger partial charge in [0.2, 0.25) is 0 Å². The van der Waals surface area contributed by atoms with Crippen LogP contribution in [0.25, 0.3) is 9.81 Å². The van der Waals surface area contributed by atoms with Crippen molar-refractivity contribution in [1.29, 1.82) is 0 Å². The van der Waals surface area contributed by atoms with Crippen LogP contribution in [0.1, 0.15) is 30.4 Å². The fraction of sp³-hybridized carbons (Fsp3) is 0.310. The largest absolute Gasteiger partial charge is 0.497 e. The number of benzene rings is 3. The maximum Gasteiger partial charge on any atom is 0.120 e. The van der Waals surface area contributed by atoms with Gasteiger partial charge in [-0.2, -0.15) is 0 Å². The quantitative estimate of drug-likeness (QED) is 0.329. The molecule has 1 unspecified atom stereocenters. The summed E-state index contributed by atoms with van der Waals surface area (Å²) in [5.41, 5.74) is 1.90. The van der Waals surface area contributed by atoms with Crippen LogP contribution < -0.4 is 14.2 Å². The number of rotatable bonds is 9. The number of piperidine rings is 1. The van der Waals surface area contributed by atoms with Crippen molar-refractivity contribution in [2.24, 2.45) is 0 Å². The smallest absolute Gasteiger partial charge is 0.120 e. The molecular weight excluding hydrogens is 490 g/mol. The molecule has 3 aromatic carbocycles. The van der Waals surface area contributed by atoms with Gasteiger partial charge in [-0.1, -0.05) is 30.3 Å². The summed E-state index contributed by atoms with van der Waals surface area (Å²) in [6.45, 7) is 4.03. The average molecular weight is 522 g/mol. The van der Waals surface area contributed by atoms with Gasteiger partial charge in [-0.15, -0.1) is 0 Å². The Balaban J connectivity index is 1.36. The molecule has 1 fully saturated rings. The molecule has 0 amide bonds. The Labute approximate surface area is 219 Å². The SMILES string of the molecule is COc1ccc(C2=C(Sc3ccc(OCCN4CCCCC4)cc3)c3ccc(OC)cc3S2=O)cc1. The van der Waals surface area contributed by atoms with Crippen LogP contribution in [0.2, 0.25) is 0 Å². The lowest BCUT2D eigenvalue weighted by Crippen LogP contribution is -2.33. The van der Waals surface area contributed by atoms with Gasteiger partial charge in [0.05, 0.1) is 34.8 Å². The highest BCUT2D eigenvalue weighted by Gasteiger charge is 2.31. The Hall–Kier alpha value is -2.74. The summed E-state index contributed by atoms with van der Waals surface area (Å²) in [5, 5.41) is 0. The van der Waals surface area contributed by atoms with E-state index in [9.17, 15) is 4.21 Å². The number of nitrogens with zero attached hydrogens (tertiary/aromatic N) is 1. The number of likely N-dealkylation sites (tertiary alicyclic amines) is 1. The van der Waals surface area contributed by atoms with Gasteiger partial charge in [0, 0.05) is 21.9 Å². The zero-order chi connectivity index (χ0) is 24.9. The molecule has 2 aliphatic heterocycles. The third kappa shape index (κ3) is 5.48. The summed E-state index contributed by atoms with van der Waals surface area (Å²) in [7, 11) is 1.96. The zero-order valence-electron chi connectivity index (χ0n) is 20.7. The van der Waals surface area contributed by atoms with Crippen molar-refractivity contribution >= 4 is 32.4 Å². The van der Waals surface area contributed by atoms with Crippen molar-refractivity contribution in [3.63, 3.8) is 0 Å². The highest BCUT2D eigenvalue weighted by Crippen LogP contribution is 2.50. The second-order valence-corrected chi connectivity index (χ2v) is 11.3. The van der Waals surface area contributed by atoms with Gasteiger partial charge in [0.15, 0.2) is 0 Å². The highest BCUT2D eigenvalue weighted by atomic mass is 32.2. The number of methoxy groups -OCH3 is 2. The Morgan fingerprint density at radius 3 is 2.19 bits per heavy atom. The van der Waals surface area contributed by atoms with Gasteiger partial charge in [-0.3, -0.25) is 4.90 Å². The van der Waals surface area contributed by atoms with Gasteiger partial charge in [0.1, 0.15) is 23.9 Å². The number of hydrogen-bond acceptors (Lipinski definition) is 6. The molecule has 188 valence electrons. The van der Waals surface area contributed by atoms with Gasteiger partial charge in [0.25, 0.3) is 0 Å². The molecule has 0 N–H and O–H groups in total. The number of thioether (sulfide) groups is 1. The summed E-state index contributed by atoms with van der Waals surface area (Å²) in [6, 6.07) is 21.7. The van der Waals surface area contributed by atoms with Crippen LogP contribution in [-0.4, -0.2) is 49.6 Å². The van der Waals surface area contributed by atoms with E-state index in [0.717, 1.165) is 48.8 Å². The lowest BCUT2D eigenvalue weighted by atomic mass is 10.1. The van der Waals surface area contributed by atoms with E-state index in [1.165, 1.54) is 32.4 Å². The van der Waals surface area contributed by atoms with E-state index in [-0.39, 0.29) is 0 Å². The van der Waals surface area contributed by atoms with E-state index in [4.69, 9.17) is 14.2 Å². The first-order valence-electron chi connectivity index (χ1n) is 12.3. The van der Waals surface area contributed by atoms with Crippen LogP contribution in [0.4, 0.5) is 0 Å². The minimum Gasteiger partial charge on any atom is -0.497 e. The third-order valence-corrected chi connectivity index (χ3v) is 9.36. The van der Waals surface area contributed by atoms with Gasteiger partial charge < -0.3 is 14.2 Å². The van der Waals surface area contributed by atoms with Crippen LogP contribution >= 0.6 is 11.8 Å². The predicted molar refractivity (Wildman–Crippen MR) is 147 cm³/mol. The average Bonchev–Trinajstić information content (AvgIpc) is 3.20. The molecule has 2 heterocycles. The molecule has 7 heteroatoms. The lowest BCUT2D eigenvalue weighted by molar-refractivity contribution is 0.183. The van der Waals surface area contributed by atoms with E-state index in [0.29, 0.717) is 12.4 Å². The van der Waals surface area contributed by atoms with Crippen LogP contribution in [-0.2, 0) is 10.8 Å². The fourth-order valence-corrected chi connectivity index (χ4v) is 7.43. The molecule has 0 aliphatic carbocycles. The summed E-state index contributed by atoms with van der Waals surface area (Å²) < 4.78 is 30.4. The van der Waals surface area contributed by atoms with E-state index >= 15 is 0 Å². The van der Waals surface area contributed by atoms with E-state index < -0.39 is 10.8 Å². The van der Waals surface area contributed by atoms with Crippen LogP contribution in [0.5, 0.6) is 17.2 Å². The van der Waals surface area contributed by atoms with Crippen molar-refractivity contribution < 1.29 is 18.4 Å². The maximum absolute atomic E-state index is 13.7. The van der Waals surface area contributed by atoms with E-state index in [1.807, 2.05) is 54.6 Å². The van der Waals surface area contributed by atoms with Crippen molar-refractivity contribution in [3.8, 4) is 17.2 Å². The van der Waals surface area contributed by atoms with E-state index in [2.05, 4.69) is 17.0 Å². The summed E-state index contributed by atoms with van der Waals surface area (Å²) in [6.07, 6.45) is 3.93. The fourth-order valence-electron chi connectivity index (χ4n) is 4.57. The maximum atomic E-state index is 13.7. The third-order valence-electron chi connectivity index (χ3n) is 6.55. The van der Waals surface area contributed by atoms with Crippen molar-refractivity contribution in [1.82, 2.24) is 4.90 Å². The van der Waals surface area contributed by atoms with E-state index in [1.54, 1.807) is 26.0 Å². The molecule has 5 nitrogen and oxygen atoms in total. The van der Waals surface area contributed by atoms with Gasteiger partial charge >= 0.3 is 0 Å². The summed E-state index contributed by atoms with van der Waals surface area (Å²) >= 11 is 1.63. The molecule has 0 spiro atoms. The van der Waals surface area contributed by atoms with Gasteiger partial charge in [-0.25, -0.2) is 4.21 Å². The van der Waals surface area contributed by atoms with Crippen molar-refractivity contribution in [2.45, 2.75) is 29.1 Å². The minimum absolute atomic E-state index is 0.702. The number of hydrogen-bond donors (Lipinski definition) is 0. The van der Waals surface area contributed by atoms with Crippen LogP contribution in [0.3, 0.4) is 0 Å². The molecule has 5 rings (SSSR count). The van der Waals surface area contributed by atoms with Crippen molar-refractivity contribution in [2.75, 3.05) is 40.5 Å². The molecule has 1 saturated heterocycles. The van der Waals surface area contributed by atoms with Gasteiger partial charge in [-0.05, 0) is 86.1 Å². The first-order valence-corrected chi connectivity index (χ1v) is 14.2. The topological polar surface area (TPSA) is 48.0 Å². The minimum atomic E-state index is -1.31. The van der Waals surface area contributed by atoms with Crippen LogP contribution in [0.15, 0.2) is 76.5 Å². The first-order chi connectivity index (χ1) is 17.7. The summed E-state index contributed by atoms with van der Waals surface area (Å²) in [5.74, 6) is 2.35. The molecule has 36 heavy (non-hydrogen) atoms. The Morgan fingerprint density at radius 1 is 0.833 bits per heavy atom. The number of ether oxygens (including phenoxy) is 3. The predicted octanol–water partition coefficient (Wildman–Crippen LogP) is 6.31. The molecule has 0 saturated carbocycles. The van der Waals surface area contributed by atoms with Crippen LogP contribution in [0, 0.1) is 0 Å². The summed E-state index contributed by atoms with van der Waals surface area (Å²) in [4.78, 5) is 6.14. The Bertz CT molecular complexity index is 1250. The standard InChI is InChI=1S/C29H31NO4S2/c1-32-22-8-6-21(7-9-22)29-28(26-15-12-24(33-2)20-27(26)36(29)31)35-25-13-10-23(11-14-25)34-19-18-30-16-4-3-5-17-30/h6-15,20H,3-5,16-19H2,1-2H3. The molecule has 0 aromatic heterocycles. The highest BCUT2D eigenvalue weighted by molar-refractivity contribution is 8.11. The molecule has 2 aliphatic rings. The lowest BCUT2D eigenvalue weighted by Gasteiger charge is -2.26. The zero-order valence-corrected chi connectivity index (χ0v) is 22.3. The molecular formula is C29H31NO4S2. The molecule has 0 radical (unpaired) electrons. The first kappa shape index (κ1) is 24.9. The monoisotopic (exact) mass is 521 g/mol.